The number of hydrogen-bond acceptors (Lipinski definition) is 4. The molecule has 0 radical (unpaired) electrons. The van der Waals surface area contributed by atoms with Crippen molar-refractivity contribution in [1.82, 2.24) is 19.9 Å². The fourth-order valence-electron chi connectivity index (χ4n) is 3.38. The molecule has 0 atom stereocenters. The molecule has 0 amide bonds. The minimum absolute atomic E-state index is 0. The zero-order chi connectivity index (χ0) is 16.5. The topological polar surface area (TPSA) is 71.9 Å². The van der Waals surface area contributed by atoms with E-state index in [1.165, 1.54) is 0 Å². The number of aromatic nitrogens is 3. The van der Waals surface area contributed by atoms with Gasteiger partial charge in [-0.25, -0.2) is 4.98 Å². The van der Waals surface area contributed by atoms with Crippen molar-refractivity contribution in [1.29, 1.82) is 0 Å². The van der Waals surface area contributed by atoms with Crippen LogP contribution in [0.15, 0.2) is 41.5 Å². The summed E-state index contributed by atoms with van der Waals surface area (Å²) in [5, 5.41) is 4.30. The van der Waals surface area contributed by atoms with Gasteiger partial charge in [0.1, 0.15) is 11.6 Å². The Labute approximate surface area is 163 Å². The number of imidazole rings is 1. The van der Waals surface area contributed by atoms with Crippen molar-refractivity contribution >= 4 is 35.7 Å². The molecule has 3 heterocycles. The van der Waals surface area contributed by atoms with E-state index in [1.807, 2.05) is 30.5 Å². The second-order valence-corrected chi connectivity index (χ2v) is 6.10. The lowest BCUT2D eigenvalue weighted by Crippen LogP contribution is -2.29. The third kappa shape index (κ3) is 3.72. The van der Waals surface area contributed by atoms with Crippen molar-refractivity contribution in [2.75, 3.05) is 20.2 Å². The number of piperidine rings is 1. The molecule has 2 aromatic heterocycles. The number of nitrogens with zero attached hydrogens (tertiary/aromatic N) is 2. The number of halogens is 2. The van der Waals surface area contributed by atoms with Gasteiger partial charge in [0.2, 0.25) is 0 Å². The third-order valence-corrected chi connectivity index (χ3v) is 4.66. The van der Waals surface area contributed by atoms with Gasteiger partial charge in [-0.2, -0.15) is 0 Å². The number of nitrogens with one attached hydrogen (secondary N) is 2. The van der Waals surface area contributed by atoms with Crippen molar-refractivity contribution in [2.45, 2.75) is 18.9 Å². The van der Waals surface area contributed by atoms with Crippen molar-refractivity contribution in [3.05, 3.63) is 47.0 Å². The minimum Gasteiger partial charge on any atom is -0.497 e. The summed E-state index contributed by atoms with van der Waals surface area (Å²) in [4.78, 5) is 20.0. The van der Waals surface area contributed by atoms with Crippen LogP contribution in [0.1, 0.15) is 18.9 Å². The Morgan fingerprint density at radius 1 is 1.19 bits per heavy atom. The molecule has 0 aliphatic carbocycles. The summed E-state index contributed by atoms with van der Waals surface area (Å²) in [6, 6.07) is 7.90. The molecule has 26 heavy (non-hydrogen) atoms. The van der Waals surface area contributed by atoms with Crippen LogP contribution in [0.2, 0.25) is 0 Å². The van der Waals surface area contributed by atoms with Gasteiger partial charge in [0.05, 0.1) is 12.7 Å². The van der Waals surface area contributed by atoms with Crippen LogP contribution in [-0.2, 0) is 0 Å². The summed E-state index contributed by atoms with van der Waals surface area (Å²) in [5.74, 6) is 1.50. The smallest absolute Gasteiger partial charge is 0.259 e. The number of hydrogen-bond donors (Lipinski definition) is 2. The number of rotatable bonds is 3. The highest BCUT2D eigenvalue weighted by molar-refractivity contribution is 5.85. The maximum Gasteiger partial charge on any atom is 0.259 e. The molecule has 1 aliphatic heterocycles. The van der Waals surface area contributed by atoms with Crippen LogP contribution < -0.4 is 15.6 Å². The van der Waals surface area contributed by atoms with Crippen molar-refractivity contribution in [2.24, 2.45) is 0 Å². The Morgan fingerprint density at radius 3 is 2.69 bits per heavy atom. The van der Waals surface area contributed by atoms with E-state index in [1.54, 1.807) is 13.3 Å². The molecular formula is C18H22Cl2N4O2. The lowest BCUT2D eigenvalue weighted by atomic mass is 10.1. The van der Waals surface area contributed by atoms with E-state index in [0.29, 0.717) is 11.6 Å². The molecule has 1 saturated heterocycles. The zero-order valence-corrected chi connectivity index (χ0v) is 16.0. The number of H-pyrrole nitrogens is 1. The number of methoxy groups -OCH3 is 1. The van der Waals surface area contributed by atoms with Crippen LogP contribution in [0.5, 0.6) is 5.75 Å². The van der Waals surface area contributed by atoms with Gasteiger partial charge in [0.25, 0.3) is 5.56 Å². The predicted octanol–water partition coefficient (Wildman–Crippen LogP) is 3.17. The van der Waals surface area contributed by atoms with E-state index in [-0.39, 0.29) is 30.4 Å². The van der Waals surface area contributed by atoms with E-state index in [2.05, 4.69) is 19.9 Å². The normalized spacial score (nSPS) is 14.5. The highest BCUT2D eigenvalue weighted by Gasteiger charge is 2.20. The Balaban J connectivity index is 0.00000121. The summed E-state index contributed by atoms with van der Waals surface area (Å²) in [6.07, 6.45) is 5.83. The monoisotopic (exact) mass is 396 g/mol. The molecule has 1 fully saturated rings. The van der Waals surface area contributed by atoms with Gasteiger partial charge in [-0.15, -0.1) is 24.8 Å². The maximum absolute atomic E-state index is 12.6. The van der Waals surface area contributed by atoms with Crippen LogP contribution in [0.25, 0.3) is 22.3 Å². The molecule has 0 spiro atoms. The first kappa shape index (κ1) is 20.3. The second-order valence-electron chi connectivity index (χ2n) is 6.10. The Kier molecular flexibility index (Phi) is 6.69. The predicted molar refractivity (Wildman–Crippen MR) is 108 cm³/mol. The van der Waals surface area contributed by atoms with E-state index in [0.717, 1.165) is 48.4 Å². The van der Waals surface area contributed by atoms with Gasteiger partial charge in [0.15, 0.2) is 0 Å². The molecule has 0 unspecified atom stereocenters. The summed E-state index contributed by atoms with van der Waals surface area (Å²) in [7, 11) is 1.64. The number of ether oxygens (including phenoxy) is 1. The zero-order valence-electron chi connectivity index (χ0n) is 14.4. The molecular weight excluding hydrogens is 375 g/mol. The summed E-state index contributed by atoms with van der Waals surface area (Å²) >= 11 is 0. The average molecular weight is 397 g/mol. The van der Waals surface area contributed by atoms with Gasteiger partial charge in [0, 0.05) is 29.3 Å². The lowest BCUT2D eigenvalue weighted by molar-refractivity contribution is 0.370. The molecule has 3 aromatic rings. The lowest BCUT2D eigenvalue weighted by Gasteiger charge is -2.25. The fourth-order valence-corrected chi connectivity index (χ4v) is 3.38. The first-order chi connectivity index (χ1) is 11.8. The first-order valence-corrected chi connectivity index (χ1v) is 8.21. The van der Waals surface area contributed by atoms with E-state index in [4.69, 9.17) is 4.74 Å². The SMILES string of the molecule is COc1ccc2[nH]c(=O)c(-c3nccn3C3CCNCC3)cc2c1.Cl.Cl. The van der Waals surface area contributed by atoms with Gasteiger partial charge in [-0.05, 0) is 50.2 Å². The van der Waals surface area contributed by atoms with Gasteiger partial charge in [-0.3, -0.25) is 4.79 Å². The molecule has 8 heteroatoms. The van der Waals surface area contributed by atoms with Crippen molar-refractivity contribution in [3.8, 4) is 17.1 Å². The Morgan fingerprint density at radius 2 is 1.96 bits per heavy atom. The number of fused-ring (bicyclic) bond motifs is 1. The molecule has 4 rings (SSSR count). The highest BCUT2D eigenvalue weighted by atomic mass is 35.5. The van der Waals surface area contributed by atoms with Gasteiger partial charge >= 0.3 is 0 Å². The van der Waals surface area contributed by atoms with Crippen LogP contribution in [0.3, 0.4) is 0 Å². The van der Waals surface area contributed by atoms with Crippen LogP contribution in [-0.4, -0.2) is 34.7 Å². The fraction of sp³-hybridized carbons (Fsp3) is 0.333. The van der Waals surface area contributed by atoms with Crippen molar-refractivity contribution < 1.29 is 4.74 Å². The molecule has 2 N–H and O–H groups in total. The van der Waals surface area contributed by atoms with E-state index < -0.39 is 0 Å². The summed E-state index contributed by atoms with van der Waals surface area (Å²) < 4.78 is 7.42. The van der Waals surface area contributed by atoms with Gasteiger partial charge < -0.3 is 19.6 Å². The molecule has 1 aliphatic rings. The summed E-state index contributed by atoms with van der Waals surface area (Å²) in [5.41, 5.74) is 1.28. The van der Waals surface area contributed by atoms with Crippen molar-refractivity contribution in [3.63, 3.8) is 0 Å². The van der Waals surface area contributed by atoms with E-state index >= 15 is 0 Å². The largest absolute Gasteiger partial charge is 0.497 e. The second kappa shape index (κ2) is 8.58. The van der Waals surface area contributed by atoms with Crippen LogP contribution in [0.4, 0.5) is 0 Å². The van der Waals surface area contributed by atoms with Crippen LogP contribution in [0, 0.1) is 0 Å². The Hall–Kier alpha value is -2.02. The highest BCUT2D eigenvalue weighted by Crippen LogP contribution is 2.27. The molecule has 6 nitrogen and oxygen atoms in total. The van der Waals surface area contributed by atoms with Crippen LogP contribution >= 0.6 is 24.8 Å². The molecule has 1 aromatic carbocycles. The minimum atomic E-state index is -0.117. The number of pyridine rings is 1. The third-order valence-electron chi connectivity index (χ3n) is 4.66. The Bertz CT molecular complexity index is 932. The van der Waals surface area contributed by atoms with E-state index in [9.17, 15) is 4.79 Å². The first-order valence-electron chi connectivity index (χ1n) is 8.21. The summed E-state index contributed by atoms with van der Waals surface area (Å²) in [6.45, 7) is 1.99. The standard InChI is InChI=1S/C18H20N4O2.2ClH/c1-24-14-2-3-16-12(10-14)11-15(18(23)21-16)17-20-8-9-22(17)13-4-6-19-7-5-13;;/h2-3,8-11,13,19H,4-7H2,1H3,(H,21,23);2*1H. The quantitative estimate of drug-likeness (QED) is 0.712. The molecule has 0 saturated carbocycles. The van der Waals surface area contributed by atoms with Gasteiger partial charge in [-0.1, -0.05) is 0 Å². The number of benzene rings is 1. The number of aromatic amines is 1. The molecule has 0 bridgehead atoms. The average Bonchev–Trinajstić information content (AvgIpc) is 3.11. The maximum atomic E-state index is 12.6. The molecule has 140 valence electrons.